The highest BCUT2D eigenvalue weighted by Crippen LogP contribution is 2.21. The van der Waals surface area contributed by atoms with Crippen molar-refractivity contribution in [3.8, 4) is 0 Å². The third-order valence-corrected chi connectivity index (χ3v) is 5.72. The molecular weight excluding hydrogens is 400 g/mol. The van der Waals surface area contributed by atoms with Crippen molar-refractivity contribution in [2.24, 2.45) is 0 Å². The molecule has 4 rings (SSSR count). The summed E-state index contributed by atoms with van der Waals surface area (Å²) in [6.45, 7) is 7.51. The maximum Gasteiger partial charge on any atom is 0.319 e. The third-order valence-electron chi connectivity index (χ3n) is 5.49. The minimum atomic E-state index is -0.242. The fourth-order valence-electron chi connectivity index (χ4n) is 3.77. The molecule has 0 radical (unpaired) electrons. The summed E-state index contributed by atoms with van der Waals surface area (Å²) < 4.78 is 7.67. The van der Waals surface area contributed by atoms with E-state index in [1.54, 1.807) is 0 Å². The van der Waals surface area contributed by atoms with Crippen LogP contribution >= 0.6 is 11.6 Å². The van der Waals surface area contributed by atoms with E-state index in [-0.39, 0.29) is 12.1 Å². The third kappa shape index (κ3) is 5.14. The van der Waals surface area contributed by atoms with Gasteiger partial charge < -0.3 is 19.9 Å². The molecule has 2 heterocycles. The largest absolute Gasteiger partial charge is 0.379 e. The summed E-state index contributed by atoms with van der Waals surface area (Å²) in [5, 5.41) is 7.65. The number of benzene rings is 2. The van der Waals surface area contributed by atoms with Crippen LogP contribution in [0.3, 0.4) is 0 Å². The van der Waals surface area contributed by atoms with E-state index in [1.807, 2.05) is 43.3 Å². The smallest absolute Gasteiger partial charge is 0.319 e. The van der Waals surface area contributed by atoms with Crippen LogP contribution in [0.4, 0.5) is 10.5 Å². The molecule has 2 N–H and O–H groups in total. The molecular formula is C23H27ClN4O2. The maximum absolute atomic E-state index is 12.4. The predicted molar refractivity (Wildman–Crippen MR) is 121 cm³/mol. The number of hydrogen-bond acceptors (Lipinski definition) is 3. The van der Waals surface area contributed by atoms with Gasteiger partial charge in [0.2, 0.25) is 0 Å². The van der Waals surface area contributed by atoms with Gasteiger partial charge in [0, 0.05) is 54.0 Å². The first kappa shape index (κ1) is 20.7. The predicted octanol–water partition coefficient (Wildman–Crippen LogP) is 4.51. The number of hydrogen-bond donors (Lipinski definition) is 2. The van der Waals surface area contributed by atoms with Crippen molar-refractivity contribution >= 4 is 34.2 Å². The van der Waals surface area contributed by atoms with Crippen molar-refractivity contribution in [2.45, 2.75) is 19.5 Å². The highest BCUT2D eigenvalue weighted by molar-refractivity contribution is 6.30. The molecule has 3 aromatic rings. The van der Waals surface area contributed by atoms with Gasteiger partial charge in [-0.2, -0.15) is 0 Å². The molecule has 0 spiro atoms. The lowest BCUT2D eigenvalue weighted by Gasteiger charge is -2.26. The molecule has 0 aliphatic carbocycles. The van der Waals surface area contributed by atoms with E-state index in [2.05, 4.69) is 38.4 Å². The summed E-state index contributed by atoms with van der Waals surface area (Å²) in [4.78, 5) is 14.9. The van der Waals surface area contributed by atoms with Crippen molar-refractivity contribution in [3.05, 3.63) is 65.3 Å². The van der Waals surface area contributed by atoms with Crippen LogP contribution < -0.4 is 10.6 Å². The second-order valence-electron chi connectivity index (χ2n) is 7.61. The minimum Gasteiger partial charge on any atom is -0.379 e. The van der Waals surface area contributed by atoms with Crippen LogP contribution in [0.1, 0.15) is 18.5 Å². The zero-order chi connectivity index (χ0) is 20.9. The number of nitrogens with zero attached hydrogens (tertiary/aromatic N) is 2. The van der Waals surface area contributed by atoms with Crippen molar-refractivity contribution in [3.63, 3.8) is 0 Å². The van der Waals surface area contributed by atoms with Crippen LogP contribution in [0, 0.1) is 0 Å². The molecule has 1 fully saturated rings. The number of rotatable bonds is 6. The zero-order valence-corrected chi connectivity index (χ0v) is 17.9. The standard InChI is InChI=1S/C23H27ClN4O2/c1-17(18-3-2-4-20(24)15-18)25-23(29)26-21-5-6-22-19(16-21)7-8-28(22)10-9-27-11-13-30-14-12-27/h2-8,15-17H,9-14H2,1H3,(H2,25,26,29). The Morgan fingerprint density at radius 2 is 1.97 bits per heavy atom. The minimum absolute atomic E-state index is 0.145. The summed E-state index contributed by atoms with van der Waals surface area (Å²) in [7, 11) is 0. The van der Waals surface area contributed by atoms with Crippen molar-refractivity contribution in [1.82, 2.24) is 14.8 Å². The first-order valence-corrected chi connectivity index (χ1v) is 10.7. The number of aromatic nitrogens is 1. The Hall–Kier alpha value is -2.54. The lowest BCUT2D eigenvalue weighted by molar-refractivity contribution is 0.0365. The summed E-state index contributed by atoms with van der Waals surface area (Å²) in [6, 6.07) is 15.2. The number of nitrogens with one attached hydrogen (secondary N) is 2. The molecule has 0 saturated carbocycles. The normalized spacial score (nSPS) is 15.8. The lowest BCUT2D eigenvalue weighted by atomic mass is 10.1. The Balaban J connectivity index is 1.36. The molecule has 1 unspecified atom stereocenters. The van der Waals surface area contributed by atoms with Crippen LogP contribution in [0.5, 0.6) is 0 Å². The van der Waals surface area contributed by atoms with E-state index < -0.39 is 0 Å². The van der Waals surface area contributed by atoms with Gasteiger partial charge in [-0.25, -0.2) is 4.79 Å². The van der Waals surface area contributed by atoms with Gasteiger partial charge in [0.1, 0.15) is 0 Å². The van der Waals surface area contributed by atoms with E-state index in [0.29, 0.717) is 5.02 Å². The zero-order valence-electron chi connectivity index (χ0n) is 17.1. The summed E-state index contributed by atoms with van der Waals surface area (Å²) in [6.07, 6.45) is 2.11. The number of morpholine rings is 1. The maximum atomic E-state index is 12.4. The van der Waals surface area contributed by atoms with E-state index in [4.69, 9.17) is 16.3 Å². The van der Waals surface area contributed by atoms with Gasteiger partial charge in [-0.15, -0.1) is 0 Å². The lowest BCUT2D eigenvalue weighted by Crippen LogP contribution is -2.38. The Kier molecular flexibility index (Phi) is 6.57. The number of halogens is 1. The van der Waals surface area contributed by atoms with Crippen molar-refractivity contribution < 1.29 is 9.53 Å². The SMILES string of the molecule is CC(NC(=O)Nc1ccc2c(ccn2CCN2CCOCC2)c1)c1cccc(Cl)c1. The Morgan fingerprint density at radius 3 is 2.77 bits per heavy atom. The number of anilines is 1. The first-order chi connectivity index (χ1) is 14.6. The summed E-state index contributed by atoms with van der Waals surface area (Å²) in [5.74, 6) is 0. The molecule has 7 heteroatoms. The van der Waals surface area contributed by atoms with Crippen LogP contribution in [-0.4, -0.2) is 48.3 Å². The number of urea groups is 1. The van der Waals surface area contributed by atoms with Gasteiger partial charge in [0.15, 0.2) is 0 Å². The average Bonchev–Trinajstić information content (AvgIpc) is 3.15. The highest BCUT2D eigenvalue weighted by atomic mass is 35.5. The van der Waals surface area contributed by atoms with Crippen LogP contribution in [0.25, 0.3) is 10.9 Å². The van der Waals surface area contributed by atoms with Gasteiger partial charge in [0.05, 0.1) is 19.3 Å². The molecule has 1 aliphatic rings. The van der Waals surface area contributed by atoms with E-state index in [9.17, 15) is 4.79 Å². The molecule has 6 nitrogen and oxygen atoms in total. The van der Waals surface area contributed by atoms with Crippen LogP contribution in [-0.2, 0) is 11.3 Å². The van der Waals surface area contributed by atoms with Gasteiger partial charge >= 0.3 is 6.03 Å². The molecule has 1 saturated heterocycles. The van der Waals surface area contributed by atoms with Gasteiger partial charge in [0.25, 0.3) is 0 Å². The van der Waals surface area contributed by atoms with Crippen LogP contribution in [0.2, 0.25) is 5.02 Å². The fourth-order valence-corrected chi connectivity index (χ4v) is 3.97. The van der Waals surface area contributed by atoms with Gasteiger partial charge in [-0.3, -0.25) is 4.90 Å². The van der Waals surface area contributed by atoms with Crippen LogP contribution in [0.15, 0.2) is 54.7 Å². The number of ether oxygens (including phenoxy) is 1. The van der Waals surface area contributed by atoms with Gasteiger partial charge in [-0.05, 0) is 48.9 Å². The number of fused-ring (bicyclic) bond motifs is 1. The monoisotopic (exact) mass is 426 g/mol. The highest BCUT2D eigenvalue weighted by Gasteiger charge is 2.12. The number of carbonyl (C=O) groups excluding carboxylic acids is 1. The molecule has 1 aromatic heterocycles. The molecule has 2 aromatic carbocycles. The van der Waals surface area contributed by atoms with Crippen molar-refractivity contribution in [1.29, 1.82) is 0 Å². The van der Waals surface area contributed by atoms with Crippen molar-refractivity contribution in [2.75, 3.05) is 38.2 Å². The second-order valence-corrected chi connectivity index (χ2v) is 8.05. The van der Waals surface area contributed by atoms with E-state index >= 15 is 0 Å². The fraction of sp³-hybridized carbons (Fsp3) is 0.348. The Morgan fingerprint density at radius 1 is 1.13 bits per heavy atom. The average molecular weight is 427 g/mol. The molecule has 0 bridgehead atoms. The Bertz CT molecular complexity index is 1010. The topological polar surface area (TPSA) is 58.5 Å². The first-order valence-electron chi connectivity index (χ1n) is 10.3. The quantitative estimate of drug-likeness (QED) is 0.609. The molecule has 158 valence electrons. The molecule has 2 amide bonds. The number of amides is 2. The molecule has 30 heavy (non-hydrogen) atoms. The molecule has 1 atom stereocenters. The van der Waals surface area contributed by atoms with E-state index in [1.165, 1.54) is 5.52 Å². The molecule has 1 aliphatic heterocycles. The Labute approximate surface area is 181 Å². The number of carbonyl (C=O) groups is 1. The second kappa shape index (κ2) is 9.51. The summed E-state index contributed by atoms with van der Waals surface area (Å²) in [5.41, 5.74) is 2.90. The summed E-state index contributed by atoms with van der Waals surface area (Å²) >= 11 is 6.04. The van der Waals surface area contributed by atoms with Gasteiger partial charge in [-0.1, -0.05) is 23.7 Å². The van der Waals surface area contributed by atoms with E-state index in [0.717, 1.165) is 56.0 Å².